The van der Waals surface area contributed by atoms with E-state index >= 15 is 0 Å². The zero-order valence-electron chi connectivity index (χ0n) is 18.3. The van der Waals surface area contributed by atoms with E-state index in [4.69, 9.17) is 20.8 Å². The van der Waals surface area contributed by atoms with Gasteiger partial charge in [-0.05, 0) is 68.4 Å². The molecule has 0 aliphatic rings. The van der Waals surface area contributed by atoms with Crippen LogP contribution < -0.4 is 15.4 Å². The lowest BCUT2D eigenvalue weighted by atomic mass is 10.2. The molecule has 1 aromatic heterocycles. The zero-order chi connectivity index (χ0) is 23.8. The number of hydrogen-bond acceptors (Lipinski definition) is 5. The van der Waals surface area contributed by atoms with Crippen molar-refractivity contribution in [1.29, 1.82) is 0 Å². The number of carbonyl (C=O) groups is 3. The number of furan rings is 1. The molecule has 0 aliphatic heterocycles. The molecule has 0 aliphatic carbocycles. The first-order chi connectivity index (χ1) is 15.9. The molecule has 172 valence electrons. The molecule has 1 heterocycles. The normalized spacial score (nSPS) is 10.4. The Morgan fingerprint density at radius 2 is 1.61 bits per heavy atom. The van der Waals surface area contributed by atoms with Gasteiger partial charge in [-0.3, -0.25) is 14.4 Å². The lowest BCUT2D eigenvalue weighted by molar-refractivity contribution is -0.132. The summed E-state index contributed by atoms with van der Waals surface area (Å²) < 4.78 is 10.6. The van der Waals surface area contributed by atoms with E-state index in [1.165, 1.54) is 6.26 Å². The number of rotatable bonds is 9. The number of halogens is 1. The van der Waals surface area contributed by atoms with Crippen molar-refractivity contribution in [2.75, 3.05) is 30.3 Å². The highest BCUT2D eigenvalue weighted by Crippen LogP contribution is 2.28. The number of carbonyl (C=O) groups excluding carboxylic acids is 3. The Morgan fingerprint density at radius 1 is 0.939 bits per heavy atom. The van der Waals surface area contributed by atoms with Gasteiger partial charge in [-0.15, -0.1) is 0 Å². The number of hydrogen-bond donors (Lipinski definition) is 2. The molecule has 0 spiro atoms. The lowest BCUT2D eigenvalue weighted by Gasteiger charge is -2.19. The Bertz CT molecular complexity index is 1110. The second-order valence-corrected chi connectivity index (χ2v) is 7.37. The number of benzene rings is 2. The first-order valence-electron chi connectivity index (χ1n) is 10.4. The zero-order valence-corrected chi connectivity index (χ0v) is 19.0. The van der Waals surface area contributed by atoms with Crippen molar-refractivity contribution >= 4 is 40.7 Å². The van der Waals surface area contributed by atoms with Crippen LogP contribution >= 0.6 is 11.6 Å². The molecule has 0 unspecified atom stereocenters. The predicted octanol–water partition coefficient (Wildman–Crippen LogP) is 4.68. The Balaban J connectivity index is 1.57. The number of ether oxygens (including phenoxy) is 1. The molecule has 8 nitrogen and oxygen atoms in total. The van der Waals surface area contributed by atoms with Crippen molar-refractivity contribution in [2.45, 2.75) is 13.8 Å². The van der Waals surface area contributed by atoms with E-state index in [9.17, 15) is 14.4 Å². The van der Waals surface area contributed by atoms with Gasteiger partial charge in [-0.2, -0.15) is 0 Å². The van der Waals surface area contributed by atoms with Crippen molar-refractivity contribution < 1.29 is 23.5 Å². The van der Waals surface area contributed by atoms with Gasteiger partial charge in [0.2, 0.25) is 0 Å². The molecular weight excluding hydrogens is 446 g/mol. The van der Waals surface area contributed by atoms with Crippen LogP contribution in [-0.4, -0.2) is 42.3 Å². The maximum atomic E-state index is 12.5. The number of amides is 3. The second-order valence-electron chi connectivity index (χ2n) is 6.96. The van der Waals surface area contributed by atoms with Crippen molar-refractivity contribution in [3.63, 3.8) is 0 Å². The van der Waals surface area contributed by atoms with E-state index < -0.39 is 0 Å². The topological polar surface area (TPSA) is 101 Å². The molecule has 2 aromatic carbocycles. The molecule has 0 radical (unpaired) electrons. The minimum Gasteiger partial charge on any atom is -0.482 e. The molecule has 0 bridgehead atoms. The maximum Gasteiger partial charge on any atom is 0.291 e. The van der Waals surface area contributed by atoms with Gasteiger partial charge in [0.05, 0.1) is 11.3 Å². The summed E-state index contributed by atoms with van der Waals surface area (Å²) in [6.45, 7) is 4.89. The fourth-order valence-corrected chi connectivity index (χ4v) is 3.25. The monoisotopic (exact) mass is 469 g/mol. The van der Waals surface area contributed by atoms with Crippen LogP contribution in [0.4, 0.5) is 11.4 Å². The van der Waals surface area contributed by atoms with Gasteiger partial charge in [0.25, 0.3) is 17.7 Å². The summed E-state index contributed by atoms with van der Waals surface area (Å²) in [5, 5.41) is 5.71. The molecule has 3 aromatic rings. The van der Waals surface area contributed by atoms with E-state index in [0.29, 0.717) is 35.8 Å². The van der Waals surface area contributed by atoms with Crippen LogP contribution in [0.1, 0.15) is 34.8 Å². The summed E-state index contributed by atoms with van der Waals surface area (Å²) >= 11 is 6.25. The van der Waals surface area contributed by atoms with Crippen LogP contribution in [0.25, 0.3) is 0 Å². The number of anilines is 2. The predicted molar refractivity (Wildman–Crippen MR) is 126 cm³/mol. The number of nitrogens with zero attached hydrogens (tertiary/aromatic N) is 1. The van der Waals surface area contributed by atoms with Gasteiger partial charge in [0.15, 0.2) is 12.4 Å². The molecule has 0 atom stereocenters. The van der Waals surface area contributed by atoms with Crippen LogP contribution in [0.15, 0.2) is 65.3 Å². The minimum absolute atomic E-state index is 0.115. The highest BCUT2D eigenvalue weighted by molar-refractivity contribution is 6.32. The number of nitrogens with one attached hydrogen (secondary N) is 2. The third kappa shape index (κ3) is 6.36. The average molecular weight is 470 g/mol. The molecule has 3 amide bonds. The highest BCUT2D eigenvalue weighted by atomic mass is 35.5. The lowest BCUT2D eigenvalue weighted by Crippen LogP contribution is -2.34. The highest BCUT2D eigenvalue weighted by Gasteiger charge is 2.13. The van der Waals surface area contributed by atoms with Gasteiger partial charge < -0.3 is 24.7 Å². The molecular formula is C24H24ClN3O5. The summed E-state index contributed by atoms with van der Waals surface area (Å²) in [6, 6.07) is 14.4. The molecule has 33 heavy (non-hydrogen) atoms. The van der Waals surface area contributed by atoms with E-state index in [0.717, 1.165) is 0 Å². The quantitative estimate of drug-likeness (QED) is 0.473. The van der Waals surface area contributed by atoms with Gasteiger partial charge in [0, 0.05) is 30.0 Å². The van der Waals surface area contributed by atoms with Crippen LogP contribution in [0, 0.1) is 0 Å². The molecule has 0 saturated carbocycles. The first-order valence-corrected chi connectivity index (χ1v) is 10.8. The number of likely N-dealkylation sites (N-methyl/N-ethyl adjacent to an activating group) is 1. The Morgan fingerprint density at radius 3 is 2.21 bits per heavy atom. The minimum atomic E-state index is -0.382. The van der Waals surface area contributed by atoms with E-state index in [1.54, 1.807) is 59.5 Å². The van der Waals surface area contributed by atoms with Crippen molar-refractivity contribution in [3.8, 4) is 5.75 Å². The summed E-state index contributed by atoms with van der Waals surface area (Å²) in [4.78, 5) is 38.3. The van der Waals surface area contributed by atoms with E-state index in [-0.39, 0.29) is 35.1 Å². The molecule has 0 saturated heterocycles. The van der Waals surface area contributed by atoms with E-state index in [2.05, 4.69) is 10.6 Å². The molecule has 9 heteroatoms. The Kier molecular flexibility index (Phi) is 8.10. The van der Waals surface area contributed by atoms with Gasteiger partial charge in [-0.25, -0.2) is 0 Å². The Labute approximate surface area is 196 Å². The third-order valence-electron chi connectivity index (χ3n) is 4.81. The van der Waals surface area contributed by atoms with Crippen LogP contribution in [0.3, 0.4) is 0 Å². The van der Waals surface area contributed by atoms with Crippen LogP contribution in [-0.2, 0) is 4.79 Å². The molecule has 0 fully saturated rings. The maximum absolute atomic E-state index is 12.5. The van der Waals surface area contributed by atoms with Gasteiger partial charge >= 0.3 is 0 Å². The standard InChI is InChI=1S/C24H24ClN3O5/c1-3-28(4-2)22(29)15-33-20-12-11-18(14-19(20)25)27-23(30)16-7-9-17(10-8-16)26-24(31)21-6-5-13-32-21/h5-14H,3-4,15H2,1-2H3,(H,26,31)(H,27,30). The average Bonchev–Trinajstić information content (AvgIpc) is 3.35. The molecule has 2 N–H and O–H groups in total. The van der Waals surface area contributed by atoms with Crippen LogP contribution in [0.2, 0.25) is 5.02 Å². The summed E-state index contributed by atoms with van der Waals surface area (Å²) in [7, 11) is 0. The van der Waals surface area contributed by atoms with Crippen molar-refractivity contribution in [1.82, 2.24) is 4.90 Å². The fraction of sp³-hybridized carbons (Fsp3) is 0.208. The first kappa shape index (κ1) is 23.9. The summed E-state index contributed by atoms with van der Waals surface area (Å²) in [5.41, 5.74) is 1.40. The Hall–Kier alpha value is -3.78. The third-order valence-corrected chi connectivity index (χ3v) is 5.10. The van der Waals surface area contributed by atoms with Crippen molar-refractivity contribution in [3.05, 3.63) is 77.2 Å². The van der Waals surface area contributed by atoms with Gasteiger partial charge in [-0.1, -0.05) is 11.6 Å². The summed E-state index contributed by atoms with van der Waals surface area (Å²) in [6.07, 6.45) is 1.42. The smallest absolute Gasteiger partial charge is 0.291 e. The summed E-state index contributed by atoms with van der Waals surface area (Å²) in [5.74, 6) is -0.309. The van der Waals surface area contributed by atoms with Crippen molar-refractivity contribution in [2.24, 2.45) is 0 Å². The SMILES string of the molecule is CCN(CC)C(=O)COc1ccc(NC(=O)c2ccc(NC(=O)c3ccco3)cc2)cc1Cl. The fourth-order valence-electron chi connectivity index (χ4n) is 3.01. The largest absolute Gasteiger partial charge is 0.482 e. The van der Waals surface area contributed by atoms with E-state index in [1.807, 2.05) is 13.8 Å². The van der Waals surface area contributed by atoms with Crippen LogP contribution in [0.5, 0.6) is 5.75 Å². The second kappa shape index (κ2) is 11.2. The van der Waals surface area contributed by atoms with Gasteiger partial charge in [0.1, 0.15) is 5.75 Å². The molecule has 3 rings (SSSR count).